The molecule has 1 saturated heterocycles. The second-order valence-corrected chi connectivity index (χ2v) is 10.2. The summed E-state index contributed by atoms with van der Waals surface area (Å²) in [6.45, 7) is 0. The fourth-order valence-corrected chi connectivity index (χ4v) is 6.62. The SMILES string of the molecule is O=C(O)c1ccc(NC(=O)c2cccc(N3C(=O)[C@H]4C5c6ccccc6C(c6ccccc65)[C@@H]4C3=O)c2)cc1. The lowest BCUT2D eigenvalue weighted by Crippen LogP contribution is -2.41. The van der Waals surface area contributed by atoms with Crippen molar-refractivity contribution < 1.29 is 24.3 Å². The van der Waals surface area contributed by atoms with E-state index >= 15 is 0 Å². The molecule has 4 aromatic carbocycles. The molecule has 2 atom stereocenters. The standard InChI is InChI=1S/C32H22N2O5/c35-29(33-19-14-12-17(13-15-19)32(38)39)18-6-5-7-20(16-18)34-30(36)27-25-21-8-1-2-9-22(21)26(28(27)31(34)37)24-11-4-3-10-23(24)25/h1-16,25-28H,(H,33,35)(H,38,39)/t25?,26?,27-,28-/m0/s1. The number of anilines is 2. The highest BCUT2D eigenvalue weighted by molar-refractivity contribution is 6.23. The van der Waals surface area contributed by atoms with Crippen LogP contribution in [0.3, 0.4) is 0 Å². The Balaban J connectivity index is 1.22. The highest BCUT2D eigenvalue weighted by atomic mass is 16.4. The number of hydrogen-bond acceptors (Lipinski definition) is 4. The van der Waals surface area contributed by atoms with Crippen molar-refractivity contribution >= 4 is 35.1 Å². The third-order valence-electron chi connectivity index (χ3n) is 8.20. The molecule has 190 valence electrons. The zero-order valence-corrected chi connectivity index (χ0v) is 20.6. The van der Waals surface area contributed by atoms with E-state index in [0.717, 1.165) is 22.3 Å². The normalized spacial score (nSPS) is 22.2. The van der Waals surface area contributed by atoms with E-state index in [0.29, 0.717) is 11.4 Å². The molecule has 7 heteroatoms. The van der Waals surface area contributed by atoms with Crippen LogP contribution >= 0.6 is 0 Å². The Morgan fingerprint density at radius 3 is 1.64 bits per heavy atom. The molecule has 2 bridgehead atoms. The molecule has 1 heterocycles. The van der Waals surface area contributed by atoms with Crippen LogP contribution in [0.2, 0.25) is 0 Å². The number of aromatic carboxylic acids is 1. The molecule has 1 fully saturated rings. The molecule has 0 saturated carbocycles. The Kier molecular flexibility index (Phi) is 5.03. The van der Waals surface area contributed by atoms with Crippen molar-refractivity contribution in [1.82, 2.24) is 0 Å². The number of carboxylic acid groups (broad SMARTS) is 1. The molecule has 0 unspecified atom stereocenters. The van der Waals surface area contributed by atoms with Gasteiger partial charge in [-0.25, -0.2) is 9.69 Å². The highest BCUT2D eigenvalue weighted by Gasteiger charge is 2.61. The smallest absolute Gasteiger partial charge is 0.335 e. The van der Waals surface area contributed by atoms with Crippen LogP contribution in [0.4, 0.5) is 11.4 Å². The van der Waals surface area contributed by atoms with Crippen molar-refractivity contribution in [3.8, 4) is 0 Å². The van der Waals surface area contributed by atoms with Crippen LogP contribution in [0.15, 0.2) is 97.1 Å². The number of nitrogens with zero attached hydrogens (tertiary/aromatic N) is 1. The lowest BCUT2D eigenvalue weighted by atomic mass is 9.55. The van der Waals surface area contributed by atoms with E-state index in [2.05, 4.69) is 29.6 Å². The number of imide groups is 1. The van der Waals surface area contributed by atoms with E-state index in [9.17, 15) is 19.2 Å². The van der Waals surface area contributed by atoms with Gasteiger partial charge in [0.1, 0.15) is 0 Å². The molecule has 4 aliphatic rings. The minimum atomic E-state index is -1.05. The second kappa shape index (κ2) is 8.49. The molecule has 39 heavy (non-hydrogen) atoms. The summed E-state index contributed by atoms with van der Waals surface area (Å²) in [4.78, 5) is 53.3. The molecular weight excluding hydrogens is 492 g/mol. The molecule has 3 aliphatic carbocycles. The van der Waals surface area contributed by atoms with E-state index in [1.807, 2.05) is 24.3 Å². The Labute approximate surface area is 223 Å². The lowest BCUT2D eigenvalue weighted by Gasteiger charge is -2.45. The van der Waals surface area contributed by atoms with Gasteiger partial charge in [-0.15, -0.1) is 0 Å². The molecule has 0 radical (unpaired) electrons. The number of rotatable bonds is 4. The van der Waals surface area contributed by atoms with Crippen molar-refractivity contribution in [1.29, 1.82) is 0 Å². The number of carbonyl (C=O) groups excluding carboxylic acids is 3. The Bertz CT molecular complexity index is 1590. The van der Waals surface area contributed by atoms with Gasteiger partial charge in [0, 0.05) is 23.1 Å². The van der Waals surface area contributed by atoms with Gasteiger partial charge >= 0.3 is 5.97 Å². The summed E-state index contributed by atoms with van der Waals surface area (Å²) in [5, 5.41) is 11.8. The van der Waals surface area contributed by atoms with E-state index < -0.39 is 23.7 Å². The molecule has 2 N–H and O–H groups in total. The van der Waals surface area contributed by atoms with E-state index in [1.54, 1.807) is 24.3 Å². The van der Waals surface area contributed by atoms with Gasteiger partial charge in [-0.2, -0.15) is 0 Å². The summed E-state index contributed by atoms with van der Waals surface area (Å²) in [5.41, 5.74) is 5.60. The van der Waals surface area contributed by atoms with E-state index in [-0.39, 0.29) is 34.8 Å². The average molecular weight is 515 g/mol. The van der Waals surface area contributed by atoms with Gasteiger partial charge in [-0.05, 0) is 64.7 Å². The van der Waals surface area contributed by atoms with Crippen LogP contribution in [-0.4, -0.2) is 28.8 Å². The number of amides is 3. The molecule has 0 spiro atoms. The van der Waals surface area contributed by atoms with Crippen LogP contribution < -0.4 is 10.2 Å². The van der Waals surface area contributed by atoms with Gasteiger partial charge in [-0.3, -0.25) is 14.4 Å². The zero-order chi connectivity index (χ0) is 26.8. The third kappa shape index (κ3) is 3.36. The highest BCUT2D eigenvalue weighted by Crippen LogP contribution is 2.61. The monoisotopic (exact) mass is 514 g/mol. The average Bonchev–Trinajstić information content (AvgIpc) is 3.23. The third-order valence-corrected chi connectivity index (χ3v) is 8.20. The summed E-state index contributed by atoms with van der Waals surface area (Å²) in [7, 11) is 0. The molecule has 8 rings (SSSR count). The fourth-order valence-electron chi connectivity index (χ4n) is 6.62. The van der Waals surface area contributed by atoms with Crippen LogP contribution in [-0.2, 0) is 9.59 Å². The van der Waals surface area contributed by atoms with Gasteiger partial charge in [0.2, 0.25) is 11.8 Å². The van der Waals surface area contributed by atoms with Crippen molar-refractivity contribution in [2.45, 2.75) is 11.8 Å². The summed E-state index contributed by atoms with van der Waals surface area (Å²) < 4.78 is 0. The summed E-state index contributed by atoms with van der Waals surface area (Å²) in [6.07, 6.45) is 0. The van der Waals surface area contributed by atoms with E-state index in [1.165, 1.54) is 29.2 Å². The number of carbonyl (C=O) groups is 4. The molecule has 3 amide bonds. The minimum Gasteiger partial charge on any atom is -0.478 e. The van der Waals surface area contributed by atoms with Gasteiger partial charge in [0.25, 0.3) is 5.91 Å². The largest absolute Gasteiger partial charge is 0.478 e. The Morgan fingerprint density at radius 2 is 1.15 bits per heavy atom. The minimum absolute atomic E-state index is 0.112. The molecule has 1 aliphatic heterocycles. The fraction of sp³-hybridized carbons (Fsp3) is 0.125. The Morgan fingerprint density at radius 1 is 0.641 bits per heavy atom. The van der Waals surface area contributed by atoms with Crippen molar-refractivity contribution in [2.24, 2.45) is 11.8 Å². The maximum atomic E-state index is 14.0. The van der Waals surface area contributed by atoms with Crippen molar-refractivity contribution in [3.05, 3.63) is 130 Å². The first-order valence-corrected chi connectivity index (χ1v) is 12.7. The maximum absolute atomic E-state index is 14.0. The van der Waals surface area contributed by atoms with Crippen molar-refractivity contribution in [3.63, 3.8) is 0 Å². The first-order chi connectivity index (χ1) is 18.9. The quantitative estimate of drug-likeness (QED) is 0.372. The summed E-state index contributed by atoms with van der Waals surface area (Å²) in [6, 6.07) is 28.5. The van der Waals surface area contributed by atoms with Crippen LogP contribution in [0.25, 0.3) is 0 Å². The molecule has 0 aromatic heterocycles. The number of benzene rings is 4. The topological polar surface area (TPSA) is 104 Å². The van der Waals surface area contributed by atoms with Gasteiger partial charge in [0.15, 0.2) is 0 Å². The summed E-state index contributed by atoms with van der Waals surface area (Å²) >= 11 is 0. The Hall–Kier alpha value is -5.04. The molecule has 7 nitrogen and oxygen atoms in total. The molecule has 4 aromatic rings. The van der Waals surface area contributed by atoms with Crippen LogP contribution in [0.5, 0.6) is 0 Å². The number of carboxylic acids is 1. The van der Waals surface area contributed by atoms with E-state index in [4.69, 9.17) is 5.11 Å². The second-order valence-electron chi connectivity index (χ2n) is 10.2. The predicted molar refractivity (Wildman–Crippen MR) is 144 cm³/mol. The first-order valence-electron chi connectivity index (χ1n) is 12.7. The van der Waals surface area contributed by atoms with Gasteiger partial charge in [-0.1, -0.05) is 54.6 Å². The maximum Gasteiger partial charge on any atom is 0.335 e. The number of hydrogen-bond donors (Lipinski definition) is 2. The first kappa shape index (κ1) is 23.1. The van der Waals surface area contributed by atoms with Gasteiger partial charge < -0.3 is 10.4 Å². The van der Waals surface area contributed by atoms with Crippen molar-refractivity contribution in [2.75, 3.05) is 10.2 Å². The summed E-state index contributed by atoms with van der Waals surface area (Å²) in [5.74, 6) is -3.38. The number of nitrogens with one attached hydrogen (secondary N) is 1. The molecular formula is C32H22N2O5. The van der Waals surface area contributed by atoms with Crippen LogP contribution in [0.1, 0.15) is 54.8 Å². The van der Waals surface area contributed by atoms with Crippen LogP contribution in [0, 0.1) is 11.8 Å². The zero-order valence-electron chi connectivity index (χ0n) is 20.6. The van der Waals surface area contributed by atoms with Gasteiger partial charge in [0.05, 0.1) is 23.1 Å². The predicted octanol–water partition coefficient (Wildman–Crippen LogP) is 5.03. The lowest BCUT2D eigenvalue weighted by molar-refractivity contribution is -0.122.